The summed E-state index contributed by atoms with van der Waals surface area (Å²) in [6, 6.07) is 8.20. The molecule has 0 spiro atoms. The van der Waals surface area contributed by atoms with E-state index < -0.39 is 5.97 Å². The standard InChI is InChI=1S/C18H17BrN2O3S/c1-10-15-17(25-16(10)18(22)23)20-14(21(15)9-13-6-7-24-13)8-11-2-4-12(19)5-3-11/h2-5,13H,6-9H2,1H3,(H,22,23). The van der Waals surface area contributed by atoms with Crippen molar-refractivity contribution in [1.82, 2.24) is 9.55 Å². The lowest BCUT2D eigenvalue weighted by molar-refractivity contribution is -0.0589. The molecule has 25 heavy (non-hydrogen) atoms. The normalized spacial score (nSPS) is 17.0. The summed E-state index contributed by atoms with van der Waals surface area (Å²) in [4.78, 5) is 17.4. The highest BCUT2D eigenvalue weighted by atomic mass is 79.9. The van der Waals surface area contributed by atoms with E-state index in [4.69, 9.17) is 9.72 Å². The third kappa shape index (κ3) is 3.12. The van der Waals surface area contributed by atoms with Crippen LogP contribution in [0.1, 0.15) is 33.0 Å². The van der Waals surface area contributed by atoms with Crippen LogP contribution in [-0.4, -0.2) is 33.3 Å². The van der Waals surface area contributed by atoms with Crippen LogP contribution in [0, 0.1) is 6.92 Å². The van der Waals surface area contributed by atoms with Gasteiger partial charge in [0.25, 0.3) is 0 Å². The van der Waals surface area contributed by atoms with Crippen LogP contribution in [0.15, 0.2) is 28.7 Å². The van der Waals surface area contributed by atoms with Gasteiger partial charge in [0.2, 0.25) is 0 Å². The first-order valence-corrected chi connectivity index (χ1v) is 9.71. The van der Waals surface area contributed by atoms with Gasteiger partial charge in [-0.15, -0.1) is 11.3 Å². The molecule has 1 saturated heterocycles. The Balaban J connectivity index is 1.77. The molecule has 1 atom stereocenters. The minimum atomic E-state index is -0.888. The number of rotatable bonds is 5. The maximum Gasteiger partial charge on any atom is 0.346 e. The van der Waals surface area contributed by atoms with Crippen LogP contribution >= 0.6 is 27.3 Å². The largest absolute Gasteiger partial charge is 0.477 e. The lowest BCUT2D eigenvalue weighted by atomic mass is 10.1. The van der Waals surface area contributed by atoms with Crippen molar-refractivity contribution in [2.24, 2.45) is 0 Å². The van der Waals surface area contributed by atoms with Crippen LogP contribution < -0.4 is 0 Å². The van der Waals surface area contributed by atoms with Crippen LogP contribution in [-0.2, 0) is 17.7 Å². The van der Waals surface area contributed by atoms with Gasteiger partial charge in [0.05, 0.1) is 18.2 Å². The summed E-state index contributed by atoms with van der Waals surface area (Å²) < 4.78 is 8.80. The highest BCUT2D eigenvalue weighted by Gasteiger charge is 2.25. The highest BCUT2D eigenvalue weighted by Crippen LogP contribution is 2.33. The number of nitrogens with zero attached hydrogens (tertiary/aromatic N) is 2. The maximum absolute atomic E-state index is 11.4. The molecule has 3 heterocycles. The third-order valence-corrected chi connectivity index (χ3v) is 6.25. The molecule has 2 aromatic heterocycles. The minimum absolute atomic E-state index is 0.189. The molecule has 1 N–H and O–H groups in total. The zero-order valence-electron chi connectivity index (χ0n) is 13.7. The summed E-state index contributed by atoms with van der Waals surface area (Å²) in [6.07, 6.45) is 1.93. The first-order valence-electron chi connectivity index (χ1n) is 8.10. The number of hydrogen-bond donors (Lipinski definition) is 1. The molecule has 0 saturated carbocycles. The first kappa shape index (κ1) is 16.8. The zero-order chi connectivity index (χ0) is 17.6. The molecule has 1 aliphatic rings. The second-order valence-electron chi connectivity index (χ2n) is 6.24. The molecular formula is C18H17BrN2O3S. The number of aromatic carboxylic acids is 1. The smallest absolute Gasteiger partial charge is 0.346 e. The predicted molar refractivity (Wildman–Crippen MR) is 101 cm³/mol. The fourth-order valence-electron chi connectivity index (χ4n) is 3.14. The number of carboxylic acids is 1. The van der Waals surface area contributed by atoms with Crippen LogP contribution in [0.3, 0.4) is 0 Å². The number of halogens is 1. The Hall–Kier alpha value is -1.70. The predicted octanol–water partition coefficient (Wildman–Crippen LogP) is 4.25. The third-order valence-electron chi connectivity index (χ3n) is 4.56. The quantitative estimate of drug-likeness (QED) is 0.669. The second kappa shape index (κ2) is 6.55. The van der Waals surface area contributed by atoms with Crippen LogP contribution in [0.5, 0.6) is 0 Å². The van der Waals surface area contributed by atoms with Gasteiger partial charge in [-0.25, -0.2) is 9.78 Å². The summed E-state index contributed by atoms with van der Waals surface area (Å²) in [5.74, 6) is 0.0699. The van der Waals surface area contributed by atoms with Gasteiger partial charge in [-0.2, -0.15) is 0 Å². The Morgan fingerprint density at radius 3 is 2.76 bits per heavy atom. The number of hydrogen-bond acceptors (Lipinski definition) is 4. The molecule has 0 radical (unpaired) electrons. The molecule has 1 fully saturated rings. The average Bonchev–Trinajstić information content (AvgIpc) is 3.03. The zero-order valence-corrected chi connectivity index (χ0v) is 16.1. The Kier molecular flexibility index (Phi) is 4.39. The van der Waals surface area contributed by atoms with Gasteiger partial charge in [0.15, 0.2) is 0 Å². The van der Waals surface area contributed by atoms with Crippen molar-refractivity contribution in [1.29, 1.82) is 0 Å². The Morgan fingerprint density at radius 2 is 2.16 bits per heavy atom. The SMILES string of the molecule is Cc1c(C(=O)O)sc2nc(Cc3ccc(Br)cc3)n(CC3CCO3)c12. The molecule has 0 amide bonds. The van der Waals surface area contributed by atoms with E-state index in [-0.39, 0.29) is 6.10 Å². The van der Waals surface area contributed by atoms with Crippen LogP contribution in [0.2, 0.25) is 0 Å². The minimum Gasteiger partial charge on any atom is -0.477 e. The fraction of sp³-hybridized carbons (Fsp3) is 0.333. The fourth-order valence-corrected chi connectivity index (χ4v) is 4.45. The molecule has 130 valence electrons. The number of carbonyl (C=O) groups is 1. The maximum atomic E-state index is 11.4. The molecule has 5 nitrogen and oxygen atoms in total. The van der Waals surface area contributed by atoms with Crippen molar-refractivity contribution in [2.45, 2.75) is 32.4 Å². The van der Waals surface area contributed by atoms with E-state index in [1.165, 1.54) is 16.9 Å². The van der Waals surface area contributed by atoms with Gasteiger partial charge in [0.1, 0.15) is 15.5 Å². The molecule has 1 unspecified atom stereocenters. The molecule has 0 bridgehead atoms. The summed E-state index contributed by atoms with van der Waals surface area (Å²) in [5, 5.41) is 9.39. The van der Waals surface area contributed by atoms with Crippen LogP contribution in [0.4, 0.5) is 0 Å². The van der Waals surface area contributed by atoms with Crippen molar-refractivity contribution in [3.05, 3.63) is 50.6 Å². The van der Waals surface area contributed by atoms with E-state index in [2.05, 4.69) is 32.6 Å². The van der Waals surface area contributed by atoms with E-state index in [9.17, 15) is 9.90 Å². The van der Waals surface area contributed by atoms with Gasteiger partial charge in [0, 0.05) is 23.1 Å². The number of fused-ring (bicyclic) bond motifs is 1. The number of thiophene rings is 1. The van der Waals surface area contributed by atoms with Gasteiger partial charge in [-0.1, -0.05) is 28.1 Å². The molecule has 1 aliphatic heterocycles. The van der Waals surface area contributed by atoms with Crippen molar-refractivity contribution < 1.29 is 14.6 Å². The first-order chi connectivity index (χ1) is 12.0. The topological polar surface area (TPSA) is 64.3 Å². The van der Waals surface area contributed by atoms with E-state index in [1.807, 2.05) is 19.1 Å². The Morgan fingerprint density at radius 1 is 1.44 bits per heavy atom. The number of aryl methyl sites for hydroxylation is 1. The molecule has 3 aromatic rings. The summed E-state index contributed by atoms with van der Waals surface area (Å²) in [5.41, 5.74) is 2.90. The summed E-state index contributed by atoms with van der Waals surface area (Å²) in [6.45, 7) is 3.39. The lowest BCUT2D eigenvalue weighted by Gasteiger charge is -2.27. The highest BCUT2D eigenvalue weighted by molar-refractivity contribution is 9.10. The Bertz CT molecular complexity index is 942. The monoisotopic (exact) mass is 420 g/mol. The van der Waals surface area contributed by atoms with E-state index in [0.29, 0.717) is 11.3 Å². The van der Waals surface area contributed by atoms with Crippen molar-refractivity contribution in [3.8, 4) is 0 Å². The number of imidazole rings is 1. The van der Waals surface area contributed by atoms with E-state index >= 15 is 0 Å². The van der Waals surface area contributed by atoms with E-state index in [0.717, 1.165) is 45.8 Å². The van der Waals surface area contributed by atoms with Crippen molar-refractivity contribution in [2.75, 3.05) is 6.61 Å². The second-order valence-corrected chi connectivity index (χ2v) is 8.15. The summed E-state index contributed by atoms with van der Waals surface area (Å²) in [7, 11) is 0. The number of aromatic nitrogens is 2. The van der Waals surface area contributed by atoms with Crippen molar-refractivity contribution in [3.63, 3.8) is 0 Å². The lowest BCUT2D eigenvalue weighted by Crippen LogP contribution is -2.31. The molecule has 0 aliphatic carbocycles. The van der Waals surface area contributed by atoms with Crippen LogP contribution in [0.25, 0.3) is 10.3 Å². The molecule has 1 aromatic carbocycles. The number of carboxylic acid groups (broad SMARTS) is 1. The molecular weight excluding hydrogens is 404 g/mol. The number of benzene rings is 1. The molecule has 7 heteroatoms. The van der Waals surface area contributed by atoms with Crippen molar-refractivity contribution >= 4 is 43.6 Å². The van der Waals surface area contributed by atoms with Gasteiger partial charge < -0.3 is 14.4 Å². The molecule has 4 rings (SSSR count). The van der Waals surface area contributed by atoms with Gasteiger partial charge in [-0.3, -0.25) is 0 Å². The van der Waals surface area contributed by atoms with Gasteiger partial charge >= 0.3 is 5.97 Å². The van der Waals surface area contributed by atoms with Gasteiger partial charge in [-0.05, 0) is 31.0 Å². The summed E-state index contributed by atoms with van der Waals surface area (Å²) >= 11 is 4.71. The number of ether oxygens (including phenoxy) is 1. The average molecular weight is 421 g/mol. The Labute approximate surface area is 157 Å². The van der Waals surface area contributed by atoms with E-state index in [1.54, 1.807) is 0 Å².